The molecule has 1 atom stereocenters. The van der Waals surface area contributed by atoms with Crippen molar-refractivity contribution in [3.8, 4) is 0 Å². The lowest BCUT2D eigenvalue weighted by molar-refractivity contribution is 0.115. The van der Waals surface area contributed by atoms with Crippen LogP contribution < -0.4 is 5.73 Å². The van der Waals surface area contributed by atoms with Crippen LogP contribution in [0, 0.1) is 0 Å². The lowest BCUT2D eigenvalue weighted by Crippen LogP contribution is -2.20. The molecule has 1 aromatic heterocycles. The molecular weight excluding hydrogens is 202 g/mol. The molecule has 0 amide bonds. The van der Waals surface area contributed by atoms with E-state index in [2.05, 4.69) is 16.9 Å². The van der Waals surface area contributed by atoms with E-state index < -0.39 is 0 Å². The van der Waals surface area contributed by atoms with Gasteiger partial charge in [0.1, 0.15) is 6.61 Å². The summed E-state index contributed by atoms with van der Waals surface area (Å²) < 4.78 is 5.43. The molecule has 1 aliphatic carbocycles. The first-order valence-corrected chi connectivity index (χ1v) is 5.99. The van der Waals surface area contributed by atoms with Gasteiger partial charge in [-0.15, -0.1) is 0 Å². The molecular formula is C12H19N3O. The Labute approximate surface area is 96.2 Å². The second-order valence-corrected chi connectivity index (χ2v) is 4.24. The SMILES string of the molecule is CCCOCc1ncc2c(n1)CCCC2N. The van der Waals surface area contributed by atoms with Crippen molar-refractivity contribution in [1.82, 2.24) is 9.97 Å². The lowest BCUT2D eigenvalue weighted by Gasteiger charge is -2.20. The zero-order valence-electron chi connectivity index (χ0n) is 9.78. The largest absolute Gasteiger partial charge is 0.373 e. The molecule has 1 aliphatic rings. The molecule has 0 saturated heterocycles. The fourth-order valence-electron chi connectivity index (χ4n) is 2.00. The molecule has 0 radical (unpaired) electrons. The third-order valence-electron chi connectivity index (χ3n) is 2.86. The fraction of sp³-hybridized carbons (Fsp3) is 0.667. The van der Waals surface area contributed by atoms with Gasteiger partial charge in [-0.1, -0.05) is 6.92 Å². The highest BCUT2D eigenvalue weighted by Gasteiger charge is 2.18. The molecule has 2 N–H and O–H groups in total. The van der Waals surface area contributed by atoms with E-state index in [9.17, 15) is 0 Å². The minimum Gasteiger partial charge on any atom is -0.373 e. The molecule has 1 unspecified atom stereocenters. The van der Waals surface area contributed by atoms with Crippen LogP contribution in [0.4, 0.5) is 0 Å². The standard InChI is InChI=1S/C12H19N3O/c1-2-6-16-8-12-14-7-9-10(13)4-3-5-11(9)15-12/h7,10H,2-6,8,13H2,1H3. The Kier molecular flexibility index (Phi) is 3.85. The van der Waals surface area contributed by atoms with Crippen LogP contribution in [-0.2, 0) is 17.8 Å². The van der Waals surface area contributed by atoms with Crippen LogP contribution in [0.1, 0.15) is 49.3 Å². The average Bonchev–Trinajstić information content (AvgIpc) is 2.30. The minimum absolute atomic E-state index is 0.120. The molecule has 0 aliphatic heterocycles. The second kappa shape index (κ2) is 5.37. The summed E-state index contributed by atoms with van der Waals surface area (Å²) in [5.41, 5.74) is 8.24. The van der Waals surface area contributed by atoms with Crippen LogP contribution in [0.25, 0.3) is 0 Å². The van der Waals surface area contributed by atoms with Crippen LogP contribution in [-0.4, -0.2) is 16.6 Å². The number of aromatic nitrogens is 2. The van der Waals surface area contributed by atoms with Gasteiger partial charge in [-0.25, -0.2) is 9.97 Å². The van der Waals surface area contributed by atoms with Crippen LogP contribution in [0.15, 0.2) is 6.20 Å². The van der Waals surface area contributed by atoms with Crippen molar-refractivity contribution in [2.45, 2.75) is 45.3 Å². The van der Waals surface area contributed by atoms with Gasteiger partial charge in [0.25, 0.3) is 0 Å². The summed E-state index contributed by atoms with van der Waals surface area (Å²) >= 11 is 0. The molecule has 0 fully saturated rings. The second-order valence-electron chi connectivity index (χ2n) is 4.24. The van der Waals surface area contributed by atoms with Crippen molar-refractivity contribution < 1.29 is 4.74 Å². The lowest BCUT2D eigenvalue weighted by atomic mass is 9.93. The summed E-state index contributed by atoms with van der Waals surface area (Å²) in [6.07, 6.45) is 6.08. The van der Waals surface area contributed by atoms with Crippen molar-refractivity contribution in [1.29, 1.82) is 0 Å². The van der Waals surface area contributed by atoms with Crippen molar-refractivity contribution >= 4 is 0 Å². The number of nitrogens with two attached hydrogens (primary N) is 1. The molecule has 4 heteroatoms. The third-order valence-corrected chi connectivity index (χ3v) is 2.86. The first kappa shape index (κ1) is 11.5. The van der Waals surface area contributed by atoms with Crippen molar-refractivity contribution in [2.24, 2.45) is 5.73 Å². The highest BCUT2D eigenvalue weighted by atomic mass is 16.5. The first-order valence-electron chi connectivity index (χ1n) is 5.99. The van der Waals surface area contributed by atoms with Gasteiger partial charge in [0.05, 0.1) is 0 Å². The molecule has 1 aromatic rings. The quantitative estimate of drug-likeness (QED) is 0.787. The van der Waals surface area contributed by atoms with Crippen LogP contribution in [0.5, 0.6) is 0 Å². The number of aryl methyl sites for hydroxylation is 1. The maximum absolute atomic E-state index is 6.01. The Morgan fingerprint density at radius 3 is 3.25 bits per heavy atom. The molecule has 0 aromatic carbocycles. The summed E-state index contributed by atoms with van der Waals surface area (Å²) in [5, 5.41) is 0. The molecule has 4 nitrogen and oxygen atoms in total. The van der Waals surface area contributed by atoms with Crippen molar-refractivity contribution in [2.75, 3.05) is 6.61 Å². The van der Waals surface area contributed by atoms with Gasteiger partial charge in [0, 0.05) is 30.1 Å². The van der Waals surface area contributed by atoms with Crippen LogP contribution in [0.3, 0.4) is 0 Å². The van der Waals surface area contributed by atoms with Gasteiger partial charge in [-0.05, 0) is 25.7 Å². The van der Waals surface area contributed by atoms with E-state index in [0.717, 1.165) is 49.4 Å². The van der Waals surface area contributed by atoms with Gasteiger partial charge in [-0.2, -0.15) is 0 Å². The van der Waals surface area contributed by atoms with E-state index in [1.54, 1.807) is 0 Å². The molecule has 0 saturated carbocycles. The third kappa shape index (κ3) is 2.57. The Balaban J connectivity index is 2.06. The zero-order chi connectivity index (χ0) is 11.4. The molecule has 0 bridgehead atoms. The van der Waals surface area contributed by atoms with E-state index in [-0.39, 0.29) is 6.04 Å². The Bertz CT molecular complexity index is 354. The van der Waals surface area contributed by atoms with Gasteiger partial charge in [0.2, 0.25) is 0 Å². The number of fused-ring (bicyclic) bond motifs is 1. The van der Waals surface area contributed by atoms with E-state index in [4.69, 9.17) is 10.5 Å². The zero-order valence-corrected chi connectivity index (χ0v) is 9.78. The number of hydrogen-bond donors (Lipinski definition) is 1. The number of nitrogens with zero attached hydrogens (tertiary/aromatic N) is 2. The van der Waals surface area contributed by atoms with Gasteiger partial charge in [0.15, 0.2) is 5.82 Å². The summed E-state index contributed by atoms with van der Waals surface area (Å²) in [6, 6.07) is 0.120. The predicted octanol–water partition coefficient (Wildman–Crippen LogP) is 1.74. The summed E-state index contributed by atoms with van der Waals surface area (Å²) in [7, 11) is 0. The fourth-order valence-corrected chi connectivity index (χ4v) is 2.00. The molecule has 2 rings (SSSR count). The molecule has 0 spiro atoms. The van der Waals surface area contributed by atoms with Crippen LogP contribution in [0.2, 0.25) is 0 Å². The number of ether oxygens (including phenoxy) is 1. The van der Waals surface area contributed by atoms with Gasteiger partial charge >= 0.3 is 0 Å². The van der Waals surface area contributed by atoms with E-state index >= 15 is 0 Å². The predicted molar refractivity (Wildman–Crippen MR) is 61.8 cm³/mol. The molecule has 16 heavy (non-hydrogen) atoms. The van der Waals surface area contributed by atoms with Gasteiger partial charge < -0.3 is 10.5 Å². The highest BCUT2D eigenvalue weighted by Crippen LogP contribution is 2.25. The smallest absolute Gasteiger partial charge is 0.154 e. The summed E-state index contributed by atoms with van der Waals surface area (Å²) in [6.45, 7) is 3.36. The summed E-state index contributed by atoms with van der Waals surface area (Å²) in [4.78, 5) is 8.82. The van der Waals surface area contributed by atoms with Gasteiger partial charge in [-0.3, -0.25) is 0 Å². The first-order chi connectivity index (χ1) is 7.81. The minimum atomic E-state index is 0.120. The number of hydrogen-bond acceptors (Lipinski definition) is 4. The molecule has 1 heterocycles. The topological polar surface area (TPSA) is 61.0 Å². The highest BCUT2D eigenvalue weighted by molar-refractivity contribution is 5.23. The van der Waals surface area contributed by atoms with Crippen molar-refractivity contribution in [3.63, 3.8) is 0 Å². The van der Waals surface area contributed by atoms with E-state index in [1.807, 2.05) is 6.20 Å². The number of rotatable bonds is 4. The normalized spacial score (nSPS) is 19.5. The monoisotopic (exact) mass is 221 g/mol. The van der Waals surface area contributed by atoms with E-state index in [0.29, 0.717) is 6.61 Å². The van der Waals surface area contributed by atoms with Crippen molar-refractivity contribution in [3.05, 3.63) is 23.3 Å². The van der Waals surface area contributed by atoms with E-state index in [1.165, 1.54) is 0 Å². The summed E-state index contributed by atoms with van der Waals surface area (Å²) in [5.74, 6) is 0.779. The maximum atomic E-state index is 6.01. The Hall–Kier alpha value is -1.00. The Morgan fingerprint density at radius 2 is 2.44 bits per heavy atom. The maximum Gasteiger partial charge on any atom is 0.154 e. The van der Waals surface area contributed by atoms with Crippen LogP contribution >= 0.6 is 0 Å². The average molecular weight is 221 g/mol. The Morgan fingerprint density at radius 1 is 1.56 bits per heavy atom. The molecule has 88 valence electrons.